The van der Waals surface area contributed by atoms with Crippen LogP contribution in [0, 0.1) is 20.8 Å². The van der Waals surface area contributed by atoms with E-state index in [2.05, 4.69) is 10.2 Å². The molecule has 0 aliphatic heterocycles. The molecule has 0 saturated carbocycles. The third-order valence-electron chi connectivity index (χ3n) is 2.65. The van der Waals surface area contributed by atoms with Gasteiger partial charge in [-0.2, -0.15) is 0 Å². The Kier molecular flexibility index (Phi) is 3.18. The van der Waals surface area contributed by atoms with Crippen molar-refractivity contribution >= 4 is 5.97 Å². The van der Waals surface area contributed by atoms with Gasteiger partial charge in [-0.1, -0.05) is 0 Å². The Bertz CT molecular complexity index is 583. The first-order chi connectivity index (χ1) is 8.54. The van der Waals surface area contributed by atoms with Crippen molar-refractivity contribution in [3.05, 3.63) is 23.0 Å². The molecular formula is C12H14N2O4. The Morgan fingerprint density at radius 3 is 2.44 bits per heavy atom. The fourth-order valence-corrected chi connectivity index (χ4v) is 1.71. The number of aryl methyl sites for hydroxylation is 2. The molecule has 0 unspecified atom stereocenters. The molecule has 0 saturated heterocycles. The van der Waals surface area contributed by atoms with E-state index in [9.17, 15) is 4.79 Å². The van der Waals surface area contributed by atoms with Gasteiger partial charge in [-0.25, -0.2) is 4.79 Å². The topological polar surface area (TPSA) is 78.4 Å². The lowest BCUT2D eigenvalue weighted by Crippen LogP contribution is -2.04. The molecule has 18 heavy (non-hydrogen) atoms. The average Bonchev–Trinajstić information content (AvgIpc) is 2.86. The summed E-state index contributed by atoms with van der Waals surface area (Å²) in [5.74, 6) is 0.976. The fraction of sp³-hybridized carbons (Fsp3) is 0.417. The van der Waals surface area contributed by atoms with Crippen LogP contribution in [-0.4, -0.2) is 22.8 Å². The molecule has 2 heterocycles. The van der Waals surface area contributed by atoms with Gasteiger partial charge >= 0.3 is 11.9 Å². The van der Waals surface area contributed by atoms with E-state index in [0.717, 1.165) is 16.9 Å². The molecule has 0 atom stereocenters. The Balaban J connectivity index is 2.38. The summed E-state index contributed by atoms with van der Waals surface area (Å²) in [4.78, 5) is 11.4. The predicted octanol–water partition coefficient (Wildman–Crippen LogP) is 2.43. The quantitative estimate of drug-likeness (QED) is 0.778. The number of hydrogen-bond donors (Lipinski definition) is 0. The van der Waals surface area contributed by atoms with Crippen LogP contribution >= 0.6 is 0 Å². The molecule has 0 radical (unpaired) electrons. The summed E-state index contributed by atoms with van der Waals surface area (Å²) < 4.78 is 15.6. The third kappa shape index (κ3) is 2.01. The number of carbonyl (C=O) groups is 1. The van der Waals surface area contributed by atoms with Crippen molar-refractivity contribution in [3.8, 4) is 11.5 Å². The maximum Gasteiger partial charge on any atom is 0.396 e. The standard InChI is InChI=1S/C12H14N2O4/c1-5-16-12(15)11-14-13-10(18-11)9-6(2)7(3)17-8(9)4/h5H2,1-4H3. The molecule has 0 amide bonds. The average molecular weight is 250 g/mol. The number of nitrogens with zero attached hydrogens (tertiary/aromatic N) is 2. The smallest absolute Gasteiger partial charge is 0.396 e. The molecule has 0 N–H and O–H groups in total. The van der Waals surface area contributed by atoms with Gasteiger partial charge in [0.2, 0.25) is 0 Å². The second kappa shape index (κ2) is 4.64. The van der Waals surface area contributed by atoms with Crippen LogP contribution in [0.4, 0.5) is 0 Å². The number of carbonyl (C=O) groups excluding carboxylic acids is 1. The highest BCUT2D eigenvalue weighted by atomic mass is 16.5. The zero-order valence-electron chi connectivity index (χ0n) is 10.7. The SMILES string of the molecule is CCOC(=O)c1nnc(-c2c(C)oc(C)c2C)o1. The third-order valence-corrected chi connectivity index (χ3v) is 2.65. The van der Waals surface area contributed by atoms with E-state index in [1.165, 1.54) is 0 Å². The lowest BCUT2D eigenvalue weighted by molar-refractivity contribution is 0.0481. The lowest BCUT2D eigenvalue weighted by Gasteiger charge is -1.95. The zero-order valence-corrected chi connectivity index (χ0v) is 10.7. The van der Waals surface area contributed by atoms with Crippen LogP contribution in [0.5, 0.6) is 0 Å². The molecule has 2 aromatic rings. The van der Waals surface area contributed by atoms with Gasteiger partial charge in [0, 0.05) is 5.56 Å². The number of furan rings is 1. The van der Waals surface area contributed by atoms with Crippen LogP contribution in [0.2, 0.25) is 0 Å². The monoisotopic (exact) mass is 250 g/mol. The molecule has 6 nitrogen and oxygen atoms in total. The lowest BCUT2D eigenvalue weighted by atomic mass is 10.1. The van der Waals surface area contributed by atoms with E-state index < -0.39 is 5.97 Å². The van der Waals surface area contributed by atoms with E-state index in [-0.39, 0.29) is 18.4 Å². The first kappa shape index (κ1) is 12.3. The Hall–Kier alpha value is -2.11. The predicted molar refractivity (Wildman–Crippen MR) is 62.2 cm³/mol. The number of rotatable bonds is 3. The van der Waals surface area contributed by atoms with Crippen LogP contribution < -0.4 is 0 Å². The van der Waals surface area contributed by atoms with Crippen LogP contribution in [0.3, 0.4) is 0 Å². The first-order valence-electron chi connectivity index (χ1n) is 5.62. The summed E-state index contributed by atoms with van der Waals surface area (Å²) in [5.41, 5.74) is 1.65. The molecule has 0 fully saturated rings. The molecule has 0 aliphatic carbocycles. The molecular weight excluding hydrogens is 236 g/mol. The minimum absolute atomic E-state index is 0.149. The zero-order chi connectivity index (χ0) is 13.3. The van der Waals surface area contributed by atoms with Crippen LogP contribution in [-0.2, 0) is 4.74 Å². The highest BCUT2D eigenvalue weighted by Gasteiger charge is 2.22. The molecule has 0 spiro atoms. The van der Waals surface area contributed by atoms with Crippen molar-refractivity contribution in [2.24, 2.45) is 0 Å². The molecule has 0 aromatic carbocycles. The Morgan fingerprint density at radius 1 is 1.17 bits per heavy atom. The number of esters is 1. The maximum atomic E-state index is 11.4. The van der Waals surface area contributed by atoms with Gasteiger partial charge in [0.05, 0.1) is 12.2 Å². The highest BCUT2D eigenvalue weighted by Crippen LogP contribution is 2.30. The van der Waals surface area contributed by atoms with Gasteiger partial charge in [0.25, 0.3) is 5.89 Å². The van der Waals surface area contributed by atoms with Gasteiger partial charge in [-0.05, 0) is 27.7 Å². The first-order valence-corrected chi connectivity index (χ1v) is 5.62. The van der Waals surface area contributed by atoms with E-state index in [0.29, 0.717) is 5.76 Å². The second-order valence-corrected chi connectivity index (χ2v) is 3.85. The Morgan fingerprint density at radius 2 is 1.89 bits per heavy atom. The van der Waals surface area contributed by atoms with Gasteiger partial charge < -0.3 is 13.6 Å². The largest absolute Gasteiger partial charge is 0.466 e. The summed E-state index contributed by atoms with van der Waals surface area (Å²) in [5, 5.41) is 7.52. The molecule has 2 aromatic heterocycles. The minimum Gasteiger partial charge on any atom is -0.466 e. The minimum atomic E-state index is -0.619. The van der Waals surface area contributed by atoms with Crippen molar-refractivity contribution in [2.45, 2.75) is 27.7 Å². The van der Waals surface area contributed by atoms with Crippen molar-refractivity contribution in [1.29, 1.82) is 0 Å². The summed E-state index contributed by atoms with van der Waals surface area (Å²) in [6, 6.07) is 0. The van der Waals surface area contributed by atoms with Gasteiger partial charge in [0.1, 0.15) is 11.5 Å². The van der Waals surface area contributed by atoms with Gasteiger partial charge in [-0.15, -0.1) is 10.2 Å². The second-order valence-electron chi connectivity index (χ2n) is 3.85. The molecule has 6 heteroatoms. The summed E-state index contributed by atoms with van der Waals surface area (Å²) in [7, 11) is 0. The van der Waals surface area contributed by atoms with Gasteiger partial charge in [-0.3, -0.25) is 0 Å². The Labute approximate surface area is 104 Å². The van der Waals surface area contributed by atoms with E-state index in [4.69, 9.17) is 13.6 Å². The molecule has 2 rings (SSSR count). The van der Waals surface area contributed by atoms with Crippen LogP contribution in [0.1, 0.15) is 34.7 Å². The molecule has 0 aliphatic rings. The number of aromatic nitrogens is 2. The summed E-state index contributed by atoms with van der Waals surface area (Å²) in [6.07, 6.45) is 0. The molecule has 96 valence electrons. The molecule has 0 bridgehead atoms. The number of ether oxygens (including phenoxy) is 1. The normalized spacial score (nSPS) is 10.7. The van der Waals surface area contributed by atoms with Crippen LogP contribution in [0.15, 0.2) is 8.83 Å². The van der Waals surface area contributed by atoms with E-state index >= 15 is 0 Å². The van der Waals surface area contributed by atoms with Crippen LogP contribution in [0.25, 0.3) is 11.5 Å². The summed E-state index contributed by atoms with van der Waals surface area (Å²) >= 11 is 0. The van der Waals surface area contributed by atoms with Crippen molar-refractivity contribution < 1.29 is 18.4 Å². The van der Waals surface area contributed by atoms with E-state index in [1.807, 2.05) is 20.8 Å². The van der Waals surface area contributed by atoms with Crippen molar-refractivity contribution in [3.63, 3.8) is 0 Å². The number of hydrogen-bond acceptors (Lipinski definition) is 6. The highest BCUT2D eigenvalue weighted by molar-refractivity contribution is 5.84. The maximum absolute atomic E-state index is 11.4. The van der Waals surface area contributed by atoms with Crippen molar-refractivity contribution in [1.82, 2.24) is 10.2 Å². The fourth-order valence-electron chi connectivity index (χ4n) is 1.71. The van der Waals surface area contributed by atoms with Gasteiger partial charge in [0.15, 0.2) is 0 Å². The summed E-state index contributed by atoms with van der Waals surface area (Å²) in [6.45, 7) is 7.54. The van der Waals surface area contributed by atoms with E-state index in [1.54, 1.807) is 6.92 Å². The van der Waals surface area contributed by atoms with Crippen molar-refractivity contribution in [2.75, 3.05) is 6.61 Å².